The summed E-state index contributed by atoms with van der Waals surface area (Å²) in [6.45, 7) is 35.9. The van der Waals surface area contributed by atoms with Crippen molar-refractivity contribution in [3.05, 3.63) is 36.8 Å². The first-order valence-electron chi connectivity index (χ1n) is 14.0. The maximum absolute atomic E-state index is 10.8. The highest BCUT2D eigenvalue weighted by molar-refractivity contribution is 6.76. The number of carbonyl (C=O) groups is 3. The molecule has 0 saturated carbocycles. The maximum atomic E-state index is 10.8. The second-order valence-electron chi connectivity index (χ2n) is 8.81. The highest BCUT2D eigenvalue weighted by Crippen LogP contribution is 2.12. The summed E-state index contributed by atoms with van der Waals surface area (Å²) in [7, 11) is -7.81. The van der Waals surface area contributed by atoms with E-state index in [9.17, 15) is 14.4 Å². The molecular weight excluding hydrogens is 597 g/mol. The minimum absolute atomic E-state index is 0.692. The van der Waals surface area contributed by atoms with Crippen molar-refractivity contribution in [3.63, 3.8) is 0 Å². The normalized spacial score (nSPS) is 10.8. The summed E-state index contributed by atoms with van der Waals surface area (Å²) < 4.78 is 35.8. The summed E-state index contributed by atoms with van der Waals surface area (Å²) in [6, 6.07) is 2.56. The standard InChI is InChI=1S/C8H12O6Si.C7H16O2Si.C6H14OSi.C6H16OSi/c1-5-15(12-6(2)9,13-7(3)10)14-8(4)11;1-5-8-10(4,7-3)9-6-2;1-5-7-8(3,4)6-2;1-4-7-8(5-2)6-3/h5H,1H2,2-4H3;7H,3,5-6H2,1-2,4H3;6H,2,5H2,1,3-4H3;8H,4-6H2,1-3H3. The third kappa shape index (κ3) is 29.6. The average Bonchev–Trinajstić information content (AvgIpc) is 2.87. The topological polar surface area (TPSA) is 116 Å². The van der Waals surface area contributed by atoms with Crippen molar-refractivity contribution < 1.29 is 45.4 Å². The van der Waals surface area contributed by atoms with Gasteiger partial charge in [-0.2, -0.15) is 0 Å². The Bertz CT molecular complexity index is 697. The summed E-state index contributed by atoms with van der Waals surface area (Å²) >= 11 is 0. The van der Waals surface area contributed by atoms with Crippen LogP contribution in [-0.2, 0) is 45.4 Å². The summed E-state index contributed by atoms with van der Waals surface area (Å²) in [5, 5.41) is 0. The smallest absolute Gasteiger partial charge is 0.452 e. The Morgan fingerprint density at radius 2 is 0.976 bits per heavy atom. The first-order chi connectivity index (χ1) is 19.0. The molecule has 0 amide bonds. The van der Waals surface area contributed by atoms with Gasteiger partial charge >= 0.3 is 17.4 Å². The van der Waals surface area contributed by atoms with Crippen LogP contribution < -0.4 is 0 Å². The molecule has 0 aromatic heterocycles. The fourth-order valence-electron chi connectivity index (χ4n) is 2.71. The lowest BCUT2D eigenvalue weighted by Gasteiger charge is -2.22. The predicted octanol–water partition coefficient (Wildman–Crippen LogP) is 5.94. The van der Waals surface area contributed by atoms with Crippen LogP contribution in [0, 0.1) is 0 Å². The van der Waals surface area contributed by atoms with Crippen LogP contribution in [-0.4, -0.2) is 79.1 Å². The second-order valence-corrected chi connectivity index (χ2v) is 21.2. The van der Waals surface area contributed by atoms with E-state index in [2.05, 4.69) is 53.6 Å². The van der Waals surface area contributed by atoms with E-state index in [1.165, 1.54) is 12.1 Å². The van der Waals surface area contributed by atoms with Crippen LogP contribution in [0.2, 0.25) is 31.7 Å². The zero-order valence-electron chi connectivity index (χ0n) is 27.8. The Morgan fingerprint density at radius 1 is 0.610 bits per heavy atom. The van der Waals surface area contributed by atoms with Gasteiger partial charge in [-0.1, -0.05) is 26.1 Å². The maximum Gasteiger partial charge on any atom is 0.734 e. The van der Waals surface area contributed by atoms with Crippen molar-refractivity contribution in [2.24, 2.45) is 0 Å². The van der Waals surface area contributed by atoms with Gasteiger partial charge in [0.25, 0.3) is 17.9 Å². The van der Waals surface area contributed by atoms with Crippen molar-refractivity contribution in [2.45, 2.75) is 94.0 Å². The van der Waals surface area contributed by atoms with Gasteiger partial charge in [0.05, 0.1) is 0 Å². The van der Waals surface area contributed by atoms with Crippen molar-refractivity contribution in [3.8, 4) is 0 Å². The van der Waals surface area contributed by atoms with Crippen LogP contribution in [0.3, 0.4) is 0 Å². The molecule has 0 aliphatic rings. The monoisotopic (exact) mass is 654 g/mol. The van der Waals surface area contributed by atoms with Gasteiger partial charge in [-0.3, -0.25) is 14.4 Å². The van der Waals surface area contributed by atoms with E-state index in [0.29, 0.717) is 13.2 Å². The lowest BCUT2D eigenvalue weighted by molar-refractivity contribution is -0.146. The minimum Gasteiger partial charge on any atom is -0.452 e. The number of hydrogen-bond donors (Lipinski definition) is 0. The molecule has 0 fully saturated rings. The van der Waals surface area contributed by atoms with Crippen LogP contribution in [0.1, 0.15) is 62.3 Å². The zero-order chi connectivity index (χ0) is 33.1. The molecule has 0 saturated heterocycles. The highest BCUT2D eigenvalue weighted by Gasteiger charge is 2.48. The Balaban J connectivity index is -0.000000232. The van der Waals surface area contributed by atoms with Crippen molar-refractivity contribution in [1.29, 1.82) is 0 Å². The molecule has 0 atom stereocenters. The fraction of sp³-hybridized carbons (Fsp3) is 0.667. The first-order valence-corrected chi connectivity index (χ1v) is 23.3. The lowest BCUT2D eigenvalue weighted by Crippen LogP contribution is -2.47. The van der Waals surface area contributed by atoms with Crippen molar-refractivity contribution in [1.82, 2.24) is 0 Å². The summed E-state index contributed by atoms with van der Waals surface area (Å²) in [5.41, 5.74) is 4.79. The molecule has 0 aromatic rings. The SMILES string of the molecule is C=C[Si](C)(C)OCC.C=C[Si](C)(OCC)OCC.C=C[Si](OC(C)=O)(OC(C)=O)OC(C)=O.CCO[SiH](CC)CC. The predicted molar refractivity (Wildman–Crippen MR) is 175 cm³/mol. The van der Waals surface area contributed by atoms with E-state index in [0.717, 1.165) is 39.7 Å². The van der Waals surface area contributed by atoms with Crippen LogP contribution in [0.25, 0.3) is 0 Å². The van der Waals surface area contributed by atoms with Gasteiger partial charge < -0.3 is 31.0 Å². The summed E-state index contributed by atoms with van der Waals surface area (Å²) in [5.74, 6) is -2.16. The van der Waals surface area contributed by atoms with Crippen LogP contribution in [0.15, 0.2) is 36.8 Å². The zero-order valence-corrected chi connectivity index (χ0v) is 31.9. The van der Waals surface area contributed by atoms with Gasteiger partial charge in [-0.25, -0.2) is 0 Å². The number of rotatable bonds is 16. The molecule has 0 N–H and O–H groups in total. The Morgan fingerprint density at radius 3 is 1.12 bits per heavy atom. The molecule has 14 heteroatoms. The summed E-state index contributed by atoms with van der Waals surface area (Å²) in [6.07, 6.45) is 0. The van der Waals surface area contributed by atoms with E-state index in [1.54, 1.807) is 5.70 Å². The van der Waals surface area contributed by atoms with Gasteiger partial charge in [-0.05, 0) is 65.1 Å². The van der Waals surface area contributed by atoms with Gasteiger partial charge in [0.15, 0.2) is 9.04 Å². The Kier molecular flexibility index (Phi) is 30.7. The van der Waals surface area contributed by atoms with E-state index in [-0.39, 0.29) is 0 Å². The number of carbonyl (C=O) groups excluding carboxylic acids is 3. The molecule has 41 heavy (non-hydrogen) atoms. The van der Waals surface area contributed by atoms with Crippen molar-refractivity contribution >= 4 is 52.6 Å². The van der Waals surface area contributed by atoms with E-state index in [1.807, 2.05) is 33.0 Å². The van der Waals surface area contributed by atoms with Gasteiger partial charge in [0.1, 0.15) is 0 Å². The van der Waals surface area contributed by atoms with Gasteiger partial charge in [0, 0.05) is 52.9 Å². The fourth-order valence-corrected chi connectivity index (χ4v) is 8.14. The molecule has 0 aromatic carbocycles. The molecule has 0 bridgehead atoms. The molecule has 0 aliphatic heterocycles. The molecule has 10 nitrogen and oxygen atoms in total. The average molecular weight is 655 g/mol. The van der Waals surface area contributed by atoms with Gasteiger partial charge in [-0.15, -0.1) is 13.2 Å². The third-order valence-corrected chi connectivity index (χ3v) is 14.0. The number of hydrogen-bond acceptors (Lipinski definition) is 10. The Labute approximate surface area is 254 Å². The van der Waals surface area contributed by atoms with Crippen LogP contribution >= 0.6 is 0 Å². The molecule has 0 unspecified atom stereocenters. The van der Waals surface area contributed by atoms with E-state index in [4.69, 9.17) is 31.0 Å². The lowest BCUT2D eigenvalue weighted by atomic mass is 10.9. The first kappa shape index (κ1) is 46.3. The quantitative estimate of drug-likeness (QED) is 0.185. The van der Waals surface area contributed by atoms with E-state index >= 15 is 0 Å². The molecule has 0 heterocycles. The molecule has 242 valence electrons. The molecule has 0 aliphatic carbocycles. The summed E-state index contributed by atoms with van der Waals surface area (Å²) in [4.78, 5) is 32.3. The van der Waals surface area contributed by atoms with Gasteiger partial charge in [0.2, 0.25) is 8.32 Å². The van der Waals surface area contributed by atoms with Crippen LogP contribution in [0.5, 0.6) is 0 Å². The molecule has 0 rings (SSSR count). The largest absolute Gasteiger partial charge is 0.734 e. The van der Waals surface area contributed by atoms with E-state index < -0.39 is 52.6 Å². The highest BCUT2D eigenvalue weighted by atomic mass is 28.4. The van der Waals surface area contributed by atoms with Crippen molar-refractivity contribution in [2.75, 3.05) is 26.4 Å². The molecule has 0 radical (unpaired) electrons. The Hall–Kier alpha value is -1.66. The third-order valence-electron chi connectivity index (χ3n) is 4.66. The minimum atomic E-state index is -3.74. The second kappa shape index (κ2) is 27.2. The molecular formula is C27H58O10Si4. The van der Waals surface area contributed by atoms with Crippen LogP contribution in [0.4, 0.5) is 0 Å². The molecule has 0 spiro atoms.